The van der Waals surface area contributed by atoms with Crippen molar-refractivity contribution in [3.63, 3.8) is 0 Å². The number of aliphatic hydroxyl groups is 1. The van der Waals surface area contributed by atoms with Crippen LogP contribution in [0.3, 0.4) is 0 Å². The zero-order valence-corrected chi connectivity index (χ0v) is 19.7. The van der Waals surface area contributed by atoms with Gasteiger partial charge in [-0.15, -0.1) is 0 Å². The number of rotatable bonds is 9. The Bertz CT molecular complexity index is 1260. The first-order chi connectivity index (χ1) is 16.6. The minimum Gasteiger partial charge on any atom is -0.489 e. The van der Waals surface area contributed by atoms with Crippen molar-refractivity contribution in [2.45, 2.75) is 45.8 Å². The minimum atomic E-state index is -4.61. The van der Waals surface area contributed by atoms with Crippen molar-refractivity contribution in [2.75, 3.05) is 13.6 Å². The number of imidazole rings is 1. The topological polar surface area (TPSA) is 76.6 Å². The lowest BCUT2D eigenvalue weighted by atomic mass is 10.2. The summed E-state index contributed by atoms with van der Waals surface area (Å²) in [5, 5.41) is 14.5. The standard InChI is InChI=1S/C25H27F3N4O3/c1-16-21(17(2)35-30-16)15-34-20-10-8-18(9-11-20)12-31(3)13-19(33)14-32-23-7-5-4-6-22(23)29-24(32)25(26,27)28/h4-11,19,33H,12-15H2,1-3H3/t19-/m0/s1. The van der Waals surface area contributed by atoms with Crippen molar-refractivity contribution in [1.29, 1.82) is 0 Å². The molecule has 0 aliphatic carbocycles. The van der Waals surface area contributed by atoms with Gasteiger partial charge in [0, 0.05) is 13.1 Å². The van der Waals surface area contributed by atoms with E-state index in [1.54, 1.807) is 18.2 Å². The molecule has 1 atom stereocenters. The van der Waals surface area contributed by atoms with E-state index >= 15 is 0 Å². The Kier molecular flexibility index (Phi) is 7.13. The van der Waals surface area contributed by atoms with Gasteiger partial charge in [0.15, 0.2) is 0 Å². The van der Waals surface area contributed by atoms with Crippen LogP contribution in [0, 0.1) is 13.8 Å². The molecule has 0 fully saturated rings. The molecule has 7 nitrogen and oxygen atoms in total. The number of alkyl halides is 3. The van der Waals surface area contributed by atoms with Gasteiger partial charge in [-0.2, -0.15) is 13.2 Å². The number of nitrogens with zero attached hydrogens (tertiary/aromatic N) is 4. The average molecular weight is 489 g/mol. The van der Waals surface area contributed by atoms with E-state index in [4.69, 9.17) is 9.26 Å². The molecule has 0 aliphatic heterocycles. The lowest BCUT2D eigenvalue weighted by Crippen LogP contribution is -2.32. The number of aliphatic hydroxyl groups excluding tert-OH is 1. The average Bonchev–Trinajstić information content (AvgIpc) is 3.33. The second-order valence-electron chi connectivity index (χ2n) is 8.62. The first-order valence-electron chi connectivity index (χ1n) is 11.1. The smallest absolute Gasteiger partial charge is 0.449 e. The first-order valence-corrected chi connectivity index (χ1v) is 11.1. The number of aromatic nitrogens is 3. The molecule has 35 heavy (non-hydrogen) atoms. The van der Waals surface area contributed by atoms with Crippen molar-refractivity contribution < 1.29 is 27.5 Å². The van der Waals surface area contributed by atoms with E-state index in [2.05, 4.69) is 10.1 Å². The van der Waals surface area contributed by atoms with E-state index in [9.17, 15) is 18.3 Å². The summed E-state index contributed by atoms with van der Waals surface area (Å²) >= 11 is 0. The largest absolute Gasteiger partial charge is 0.489 e. The lowest BCUT2D eigenvalue weighted by molar-refractivity contribution is -0.147. The highest BCUT2D eigenvalue weighted by Crippen LogP contribution is 2.31. The normalized spacial score (nSPS) is 13.0. The maximum Gasteiger partial charge on any atom is 0.449 e. The number of ether oxygens (including phenoxy) is 1. The Morgan fingerprint density at radius 1 is 1.11 bits per heavy atom. The number of fused-ring (bicyclic) bond motifs is 1. The third-order valence-electron chi connectivity index (χ3n) is 5.76. The van der Waals surface area contributed by atoms with Gasteiger partial charge < -0.3 is 18.9 Å². The lowest BCUT2D eigenvalue weighted by Gasteiger charge is -2.22. The summed E-state index contributed by atoms with van der Waals surface area (Å²) in [7, 11) is 1.81. The van der Waals surface area contributed by atoms with Crippen LogP contribution >= 0.6 is 0 Å². The van der Waals surface area contributed by atoms with E-state index in [1.165, 1.54) is 6.07 Å². The van der Waals surface area contributed by atoms with E-state index in [-0.39, 0.29) is 18.6 Å². The predicted molar refractivity (Wildman–Crippen MR) is 124 cm³/mol. The fraction of sp³-hybridized carbons (Fsp3) is 0.360. The summed E-state index contributed by atoms with van der Waals surface area (Å²) < 4.78 is 52.5. The van der Waals surface area contributed by atoms with Gasteiger partial charge in [-0.1, -0.05) is 29.4 Å². The van der Waals surface area contributed by atoms with Crippen LogP contribution in [0.5, 0.6) is 5.75 Å². The summed E-state index contributed by atoms with van der Waals surface area (Å²) in [6.07, 6.45) is -5.63. The number of halogens is 3. The van der Waals surface area contributed by atoms with Crippen LogP contribution in [0.15, 0.2) is 53.1 Å². The number of hydrogen-bond acceptors (Lipinski definition) is 6. The van der Waals surface area contributed by atoms with Crippen LogP contribution in [-0.4, -0.2) is 44.4 Å². The Labute approximate surface area is 200 Å². The Morgan fingerprint density at radius 2 is 1.83 bits per heavy atom. The maximum atomic E-state index is 13.5. The molecule has 0 saturated carbocycles. The highest BCUT2D eigenvalue weighted by Gasteiger charge is 2.38. The highest BCUT2D eigenvalue weighted by molar-refractivity contribution is 5.76. The third kappa shape index (κ3) is 5.83. The molecule has 0 unspecified atom stereocenters. The molecule has 186 valence electrons. The molecule has 2 aromatic carbocycles. The maximum absolute atomic E-state index is 13.5. The molecule has 1 N–H and O–H groups in total. The summed E-state index contributed by atoms with van der Waals surface area (Å²) in [5.41, 5.74) is 3.28. The number of aryl methyl sites for hydroxylation is 2. The minimum absolute atomic E-state index is 0.189. The zero-order chi connectivity index (χ0) is 25.2. The first kappa shape index (κ1) is 24.7. The zero-order valence-electron chi connectivity index (χ0n) is 19.7. The van der Waals surface area contributed by atoms with E-state index in [1.807, 2.05) is 50.1 Å². The molecule has 0 amide bonds. The summed E-state index contributed by atoms with van der Waals surface area (Å²) in [4.78, 5) is 5.58. The molecule has 0 saturated heterocycles. The molecule has 2 aromatic heterocycles. The van der Waals surface area contributed by atoms with Crippen LogP contribution in [0.2, 0.25) is 0 Å². The van der Waals surface area contributed by atoms with Crippen molar-refractivity contribution in [3.05, 3.63) is 76.9 Å². The molecule has 0 spiro atoms. The monoisotopic (exact) mass is 488 g/mol. The van der Waals surface area contributed by atoms with Gasteiger partial charge in [0.2, 0.25) is 5.82 Å². The molecule has 0 bridgehead atoms. The number of benzene rings is 2. The quantitative estimate of drug-likeness (QED) is 0.367. The predicted octanol–water partition coefficient (Wildman–Crippen LogP) is 4.73. The third-order valence-corrected chi connectivity index (χ3v) is 5.76. The van der Waals surface area contributed by atoms with Crippen molar-refractivity contribution in [3.8, 4) is 5.75 Å². The summed E-state index contributed by atoms with van der Waals surface area (Å²) in [6.45, 7) is 4.54. The fourth-order valence-electron chi connectivity index (χ4n) is 4.04. The number of para-hydroxylation sites is 2. The van der Waals surface area contributed by atoms with Crippen LogP contribution in [-0.2, 0) is 25.9 Å². The summed E-state index contributed by atoms with van der Waals surface area (Å²) in [5.74, 6) is 0.418. The SMILES string of the molecule is Cc1noc(C)c1COc1ccc(CN(C)C[C@H](O)Cn2c(C(F)(F)F)nc3ccccc32)cc1. The van der Waals surface area contributed by atoms with Gasteiger partial charge in [0.05, 0.1) is 34.9 Å². The molecule has 2 heterocycles. The molecular weight excluding hydrogens is 461 g/mol. The highest BCUT2D eigenvalue weighted by atomic mass is 19.4. The molecule has 0 aliphatic rings. The van der Waals surface area contributed by atoms with Gasteiger partial charge in [0.1, 0.15) is 18.1 Å². The van der Waals surface area contributed by atoms with E-state index in [0.717, 1.165) is 27.1 Å². The Hall–Kier alpha value is -3.37. The molecular formula is C25H27F3N4O3. The van der Waals surface area contributed by atoms with Crippen molar-refractivity contribution in [1.82, 2.24) is 19.6 Å². The molecule has 10 heteroatoms. The summed E-state index contributed by atoms with van der Waals surface area (Å²) in [6, 6.07) is 13.9. The molecule has 0 radical (unpaired) electrons. The van der Waals surface area contributed by atoms with Crippen LogP contribution in [0.4, 0.5) is 13.2 Å². The van der Waals surface area contributed by atoms with Gasteiger partial charge in [-0.3, -0.25) is 4.90 Å². The molecule has 4 rings (SSSR count). The van der Waals surface area contributed by atoms with Gasteiger partial charge in [0.25, 0.3) is 0 Å². The fourth-order valence-corrected chi connectivity index (χ4v) is 4.04. The van der Waals surface area contributed by atoms with E-state index < -0.39 is 18.1 Å². The van der Waals surface area contributed by atoms with Gasteiger partial charge >= 0.3 is 6.18 Å². The second-order valence-corrected chi connectivity index (χ2v) is 8.62. The van der Waals surface area contributed by atoms with Crippen molar-refractivity contribution >= 4 is 11.0 Å². The van der Waals surface area contributed by atoms with Gasteiger partial charge in [-0.25, -0.2) is 4.98 Å². The van der Waals surface area contributed by atoms with Crippen LogP contribution in [0.1, 0.15) is 28.4 Å². The van der Waals surface area contributed by atoms with Crippen LogP contribution in [0.25, 0.3) is 11.0 Å². The Balaban J connectivity index is 1.35. The van der Waals surface area contributed by atoms with Crippen LogP contribution < -0.4 is 4.74 Å². The van der Waals surface area contributed by atoms with Crippen molar-refractivity contribution in [2.24, 2.45) is 0 Å². The number of hydrogen-bond donors (Lipinski definition) is 1. The van der Waals surface area contributed by atoms with Gasteiger partial charge in [-0.05, 0) is 50.7 Å². The second kappa shape index (κ2) is 10.1. The van der Waals surface area contributed by atoms with E-state index in [0.29, 0.717) is 24.4 Å². The molecule has 4 aromatic rings. The Morgan fingerprint density at radius 3 is 2.49 bits per heavy atom. The number of likely N-dealkylation sites (N-methyl/N-ethyl adjacent to an activating group) is 1.